The number of carbonyl (C=O) groups is 2. The largest absolute Gasteiger partial charge is 0.320 e. The Labute approximate surface area is 189 Å². The minimum Gasteiger partial charge on any atom is -0.320 e. The Kier molecular flexibility index (Phi) is 7.11. The molecule has 7 heteroatoms. The molecule has 2 aromatic carbocycles. The number of rotatable bonds is 3. The number of hydrogen-bond acceptors (Lipinski definition) is 2. The number of aryl methyl sites for hydroxylation is 1. The zero-order valence-electron chi connectivity index (χ0n) is 12.1. The van der Waals surface area contributed by atoms with Gasteiger partial charge in [0, 0.05) is 25.4 Å². The van der Waals surface area contributed by atoms with Crippen LogP contribution >= 0.6 is 90.4 Å². The monoisotopic (exact) mass is 757 g/mol. The number of nitrogens with one attached hydrogen (secondary N) is 1. The third-order valence-electron chi connectivity index (χ3n) is 3.16. The maximum absolute atomic E-state index is 12.6. The molecular weight excluding hydrogens is 746 g/mol. The van der Waals surface area contributed by atoms with Gasteiger partial charge in [0.1, 0.15) is 0 Å². The Balaban J connectivity index is 2.36. The summed E-state index contributed by atoms with van der Waals surface area (Å²) in [6.07, 6.45) is 0. The van der Waals surface area contributed by atoms with Gasteiger partial charge in [-0.3, -0.25) is 9.59 Å². The Morgan fingerprint density at radius 3 is 1.87 bits per heavy atom. The predicted molar refractivity (Wildman–Crippen MR) is 126 cm³/mol. The van der Waals surface area contributed by atoms with E-state index in [1.165, 1.54) is 6.92 Å². The summed E-state index contributed by atoms with van der Waals surface area (Å²) in [6, 6.07) is 7.37. The Morgan fingerprint density at radius 1 is 0.870 bits per heavy atom. The van der Waals surface area contributed by atoms with Crippen molar-refractivity contribution >= 4 is 108 Å². The molecule has 0 heterocycles. The number of halogens is 4. The van der Waals surface area contributed by atoms with Crippen LogP contribution in [0.3, 0.4) is 0 Å². The molecule has 0 fully saturated rings. The predicted octanol–water partition coefficient (Wildman–Crippen LogP) is 5.87. The number of amides is 1. The highest BCUT2D eigenvalue weighted by atomic mass is 127. The summed E-state index contributed by atoms with van der Waals surface area (Å²) in [5.41, 5.74) is 3.11. The lowest BCUT2D eigenvalue weighted by atomic mass is 10.1. The second-order valence-electron chi connectivity index (χ2n) is 4.91. The van der Waals surface area contributed by atoms with Crippen LogP contribution in [-0.2, 0) is 0 Å². The van der Waals surface area contributed by atoms with Crippen LogP contribution in [-0.4, -0.2) is 11.7 Å². The summed E-state index contributed by atoms with van der Waals surface area (Å²) in [6.45, 7) is 3.53. The van der Waals surface area contributed by atoms with Crippen molar-refractivity contribution in [2.75, 3.05) is 5.32 Å². The highest BCUT2D eigenvalue weighted by Crippen LogP contribution is 2.28. The average Bonchev–Trinajstić information content (AvgIpc) is 2.47. The maximum atomic E-state index is 12.6. The van der Waals surface area contributed by atoms with E-state index in [4.69, 9.17) is 0 Å². The summed E-state index contributed by atoms with van der Waals surface area (Å²) in [5, 5.41) is 2.96. The molecule has 0 saturated heterocycles. The molecule has 0 aliphatic rings. The summed E-state index contributed by atoms with van der Waals surface area (Å²) in [7, 11) is 0. The molecule has 0 spiro atoms. The van der Waals surface area contributed by atoms with Gasteiger partial charge in [0.05, 0.1) is 5.69 Å². The van der Waals surface area contributed by atoms with Crippen molar-refractivity contribution in [1.29, 1.82) is 0 Å². The number of Topliss-reactive ketones (excluding diaryl/α,β-unsaturated/α-hetero) is 1. The second kappa shape index (κ2) is 8.25. The Hall–Kier alpha value is 0.500. The van der Waals surface area contributed by atoms with Crippen molar-refractivity contribution in [2.45, 2.75) is 13.8 Å². The van der Waals surface area contributed by atoms with Gasteiger partial charge in [0.25, 0.3) is 5.91 Å². The molecule has 120 valence electrons. The third kappa shape index (κ3) is 4.77. The van der Waals surface area contributed by atoms with Crippen molar-refractivity contribution in [3.05, 3.63) is 55.2 Å². The van der Waals surface area contributed by atoms with Crippen molar-refractivity contribution < 1.29 is 9.59 Å². The van der Waals surface area contributed by atoms with Crippen molar-refractivity contribution in [3.8, 4) is 0 Å². The molecule has 0 atom stereocenters. The van der Waals surface area contributed by atoms with Crippen LogP contribution in [0.5, 0.6) is 0 Å². The second-order valence-corrected chi connectivity index (χ2v) is 9.48. The first-order valence-electron chi connectivity index (χ1n) is 6.47. The number of ketones is 1. The van der Waals surface area contributed by atoms with E-state index in [0.717, 1.165) is 25.5 Å². The molecule has 1 N–H and O–H groups in total. The fraction of sp³-hybridized carbons (Fsp3) is 0.125. The van der Waals surface area contributed by atoms with Gasteiger partial charge in [0.15, 0.2) is 5.78 Å². The van der Waals surface area contributed by atoms with Gasteiger partial charge >= 0.3 is 0 Å². The van der Waals surface area contributed by atoms with Gasteiger partial charge in [-0.25, -0.2) is 0 Å². The zero-order chi connectivity index (χ0) is 17.3. The number of anilines is 1. The van der Waals surface area contributed by atoms with Crippen molar-refractivity contribution in [3.63, 3.8) is 0 Å². The van der Waals surface area contributed by atoms with Crippen molar-refractivity contribution in [2.24, 2.45) is 0 Å². The van der Waals surface area contributed by atoms with Crippen molar-refractivity contribution in [1.82, 2.24) is 0 Å². The fourth-order valence-electron chi connectivity index (χ4n) is 1.94. The first-order chi connectivity index (χ1) is 10.7. The molecule has 3 nitrogen and oxygen atoms in total. The maximum Gasteiger partial charge on any atom is 0.255 e. The first kappa shape index (κ1) is 19.8. The van der Waals surface area contributed by atoms with Gasteiger partial charge < -0.3 is 5.32 Å². The van der Waals surface area contributed by atoms with Crippen LogP contribution in [0.2, 0.25) is 0 Å². The summed E-state index contributed by atoms with van der Waals surface area (Å²) >= 11 is 8.80. The smallest absolute Gasteiger partial charge is 0.255 e. The van der Waals surface area contributed by atoms with Gasteiger partial charge in [-0.15, -0.1) is 0 Å². The van der Waals surface area contributed by atoms with E-state index in [-0.39, 0.29) is 11.7 Å². The minimum atomic E-state index is -0.145. The van der Waals surface area contributed by atoms with E-state index < -0.39 is 0 Å². The van der Waals surface area contributed by atoms with Gasteiger partial charge in [-0.05, 0) is 134 Å². The Morgan fingerprint density at radius 2 is 1.39 bits per heavy atom. The topological polar surface area (TPSA) is 46.2 Å². The lowest BCUT2D eigenvalue weighted by molar-refractivity contribution is 0.101. The van der Waals surface area contributed by atoms with Crippen LogP contribution in [0, 0.1) is 21.2 Å². The molecular formula is C16H11I4NO2. The van der Waals surface area contributed by atoms with E-state index >= 15 is 0 Å². The van der Waals surface area contributed by atoms with E-state index in [2.05, 4.69) is 95.7 Å². The molecule has 0 bridgehead atoms. The average molecular weight is 757 g/mol. The van der Waals surface area contributed by atoms with Crippen LogP contribution in [0.1, 0.15) is 33.2 Å². The molecule has 0 aromatic heterocycles. The van der Waals surface area contributed by atoms with Gasteiger partial charge in [-0.2, -0.15) is 0 Å². The summed E-state index contributed by atoms with van der Waals surface area (Å²) in [4.78, 5) is 24.1. The van der Waals surface area contributed by atoms with E-state index in [1.807, 2.05) is 19.1 Å². The minimum absolute atomic E-state index is 0.0153. The summed E-state index contributed by atoms with van der Waals surface area (Å²) < 4.78 is 3.93. The summed E-state index contributed by atoms with van der Waals surface area (Å²) in [5.74, 6) is -0.129. The van der Waals surface area contributed by atoms with Crippen LogP contribution < -0.4 is 5.32 Å². The molecule has 0 radical (unpaired) electrons. The fourth-order valence-corrected chi connectivity index (χ4v) is 5.05. The Bertz CT molecular complexity index is 772. The standard InChI is InChI=1S/C16H11I4NO2/c1-7-3-10(6-11(17)14(7)20)16(23)21-15-12(18)4-9(8(2)22)5-13(15)19/h3-6H,1-2H3,(H,21,23). The van der Waals surface area contributed by atoms with Crippen LogP contribution in [0.25, 0.3) is 0 Å². The zero-order valence-corrected chi connectivity index (χ0v) is 20.8. The molecule has 2 rings (SSSR count). The highest BCUT2D eigenvalue weighted by Gasteiger charge is 2.15. The first-order valence-corrected chi connectivity index (χ1v) is 10.8. The van der Waals surface area contributed by atoms with E-state index in [9.17, 15) is 9.59 Å². The molecule has 0 unspecified atom stereocenters. The van der Waals surface area contributed by atoms with Gasteiger partial charge in [-0.1, -0.05) is 0 Å². The highest BCUT2D eigenvalue weighted by molar-refractivity contribution is 14.1. The van der Waals surface area contributed by atoms with Crippen LogP contribution in [0.4, 0.5) is 5.69 Å². The molecule has 0 aliphatic carbocycles. The molecule has 1 amide bonds. The van der Waals surface area contributed by atoms with E-state index in [0.29, 0.717) is 11.1 Å². The lowest BCUT2D eigenvalue weighted by Gasteiger charge is -2.12. The quantitative estimate of drug-likeness (QED) is 0.315. The molecule has 0 aliphatic heterocycles. The normalized spacial score (nSPS) is 10.5. The van der Waals surface area contributed by atoms with Crippen LogP contribution in [0.15, 0.2) is 24.3 Å². The van der Waals surface area contributed by atoms with Gasteiger partial charge in [0.2, 0.25) is 0 Å². The SMILES string of the molecule is CC(=O)c1cc(I)c(NC(=O)c2cc(C)c(I)c(I)c2)c(I)c1. The number of benzene rings is 2. The molecule has 0 saturated carbocycles. The number of carbonyl (C=O) groups excluding carboxylic acids is 2. The number of hydrogen-bond donors (Lipinski definition) is 1. The lowest BCUT2D eigenvalue weighted by Crippen LogP contribution is -2.15. The third-order valence-corrected chi connectivity index (χ3v) is 8.18. The molecule has 23 heavy (non-hydrogen) atoms. The molecule has 2 aromatic rings. The van der Waals surface area contributed by atoms with E-state index in [1.54, 1.807) is 12.1 Å².